The zero-order valence-electron chi connectivity index (χ0n) is 18.2. The number of carbonyl (C=O) groups excluding carboxylic acids is 1. The van der Waals surface area contributed by atoms with Gasteiger partial charge in [0, 0.05) is 31.1 Å². The fraction of sp³-hybridized carbons (Fsp3) is 0.320. The number of nitrogens with zero attached hydrogens (tertiary/aromatic N) is 3. The van der Waals surface area contributed by atoms with Gasteiger partial charge >= 0.3 is 0 Å². The molecule has 1 saturated carbocycles. The summed E-state index contributed by atoms with van der Waals surface area (Å²) < 4.78 is 7.24. The van der Waals surface area contributed by atoms with Crippen molar-refractivity contribution in [2.45, 2.75) is 44.8 Å². The van der Waals surface area contributed by atoms with Crippen molar-refractivity contribution in [2.75, 3.05) is 0 Å². The molecule has 164 valence electrons. The van der Waals surface area contributed by atoms with Crippen LogP contribution in [0.5, 0.6) is 0 Å². The van der Waals surface area contributed by atoms with Gasteiger partial charge in [0.1, 0.15) is 23.3 Å². The molecule has 7 heteroatoms. The van der Waals surface area contributed by atoms with E-state index in [-0.39, 0.29) is 11.9 Å². The van der Waals surface area contributed by atoms with Gasteiger partial charge < -0.3 is 19.4 Å². The molecular formula is C25H26N4O3. The van der Waals surface area contributed by atoms with E-state index >= 15 is 0 Å². The first-order valence-electron chi connectivity index (χ1n) is 10.9. The maximum absolute atomic E-state index is 12.9. The number of aromatic nitrogens is 3. The molecule has 3 aromatic heterocycles. The highest BCUT2D eigenvalue weighted by atomic mass is 16.3. The summed E-state index contributed by atoms with van der Waals surface area (Å²) in [5.74, 6) is 0.403. The highest BCUT2D eigenvalue weighted by molar-refractivity contribution is 5.95. The van der Waals surface area contributed by atoms with Crippen molar-refractivity contribution in [2.24, 2.45) is 7.05 Å². The van der Waals surface area contributed by atoms with Crippen LogP contribution < -0.4 is 5.32 Å². The SMILES string of the molecule is Cc1nc(-c2ccc(Cc3cc(C(=O)N[C@H]4CCC[C@@H]4O)nc4c3ccn4C)cc2)co1. The van der Waals surface area contributed by atoms with Crippen LogP contribution in [-0.4, -0.2) is 37.7 Å². The van der Waals surface area contributed by atoms with Crippen molar-refractivity contribution >= 4 is 16.9 Å². The molecule has 4 aromatic rings. The smallest absolute Gasteiger partial charge is 0.270 e. The molecule has 1 aromatic carbocycles. The van der Waals surface area contributed by atoms with Crippen LogP contribution in [0.1, 0.15) is 46.8 Å². The number of nitrogens with one attached hydrogen (secondary N) is 1. The standard InChI is InChI=1S/C25H26N4O3/c1-15-26-22(14-32-15)17-8-6-16(7-9-17)12-18-13-21(27-24-19(18)10-11-29(24)2)25(31)28-20-4-3-5-23(20)30/h6-11,13-14,20,23,30H,3-5,12H2,1-2H3,(H,28,31)/t20-,23-/m0/s1. The second-order valence-electron chi connectivity index (χ2n) is 8.53. The maximum atomic E-state index is 12.9. The lowest BCUT2D eigenvalue weighted by Crippen LogP contribution is -2.40. The number of oxazole rings is 1. The fourth-order valence-corrected chi connectivity index (χ4v) is 4.42. The van der Waals surface area contributed by atoms with E-state index in [1.54, 1.807) is 6.26 Å². The molecule has 1 aliphatic rings. The number of aryl methyl sites for hydroxylation is 2. The van der Waals surface area contributed by atoms with E-state index in [1.807, 2.05) is 49.0 Å². The van der Waals surface area contributed by atoms with Gasteiger partial charge in [-0.15, -0.1) is 0 Å². The zero-order chi connectivity index (χ0) is 22.2. The summed E-state index contributed by atoms with van der Waals surface area (Å²) in [6.45, 7) is 1.83. The second kappa shape index (κ2) is 8.24. The minimum atomic E-state index is -0.482. The predicted molar refractivity (Wildman–Crippen MR) is 121 cm³/mol. The number of aliphatic hydroxyl groups excluding tert-OH is 1. The number of hydrogen-bond donors (Lipinski definition) is 2. The zero-order valence-corrected chi connectivity index (χ0v) is 18.2. The van der Waals surface area contributed by atoms with Crippen LogP contribution in [0.4, 0.5) is 0 Å². The quantitative estimate of drug-likeness (QED) is 0.503. The van der Waals surface area contributed by atoms with Gasteiger partial charge in [0.15, 0.2) is 5.89 Å². The normalized spacial score (nSPS) is 18.3. The molecule has 0 unspecified atom stereocenters. The Balaban J connectivity index is 1.43. The molecule has 1 fully saturated rings. The van der Waals surface area contributed by atoms with Crippen LogP contribution in [0.15, 0.2) is 53.3 Å². The molecule has 0 radical (unpaired) electrons. The van der Waals surface area contributed by atoms with E-state index in [0.717, 1.165) is 52.7 Å². The molecule has 0 aliphatic heterocycles. The molecule has 1 amide bonds. The fourth-order valence-electron chi connectivity index (χ4n) is 4.42. The Morgan fingerprint density at radius 1 is 1.22 bits per heavy atom. The molecule has 32 heavy (non-hydrogen) atoms. The molecule has 5 rings (SSSR count). The summed E-state index contributed by atoms with van der Waals surface area (Å²) in [5.41, 5.74) is 5.13. The van der Waals surface area contributed by atoms with E-state index in [1.165, 1.54) is 0 Å². The Morgan fingerprint density at radius 3 is 2.72 bits per heavy atom. The molecule has 0 bridgehead atoms. The van der Waals surface area contributed by atoms with Crippen molar-refractivity contribution in [3.05, 3.63) is 71.6 Å². The second-order valence-corrected chi connectivity index (χ2v) is 8.53. The Labute approximate surface area is 186 Å². The van der Waals surface area contributed by atoms with Gasteiger partial charge in [-0.3, -0.25) is 4.79 Å². The Morgan fingerprint density at radius 2 is 2.03 bits per heavy atom. The third-order valence-corrected chi connectivity index (χ3v) is 6.21. The number of amides is 1. The summed E-state index contributed by atoms with van der Waals surface area (Å²) in [5, 5.41) is 14.1. The van der Waals surface area contributed by atoms with Gasteiger partial charge in [-0.2, -0.15) is 0 Å². The Bertz CT molecular complexity index is 1270. The molecule has 1 aliphatic carbocycles. The molecular weight excluding hydrogens is 404 g/mol. The first-order valence-corrected chi connectivity index (χ1v) is 10.9. The first kappa shape index (κ1) is 20.5. The highest BCUT2D eigenvalue weighted by Crippen LogP contribution is 2.25. The van der Waals surface area contributed by atoms with Crippen molar-refractivity contribution in [3.8, 4) is 11.3 Å². The van der Waals surface area contributed by atoms with E-state index < -0.39 is 6.10 Å². The van der Waals surface area contributed by atoms with Crippen molar-refractivity contribution < 1.29 is 14.3 Å². The van der Waals surface area contributed by atoms with Gasteiger partial charge in [0.05, 0.1) is 12.1 Å². The first-order chi connectivity index (χ1) is 15.5. The number of pyridine rings is 1. The topological polar surface area (TPSA) is 93.2 Å². The number of aliphatic hydroxyl groups is 1. The van der Waals surface area contributed by atoms with Gasteiger partial charge in [-0.1, -0.05) is 24.3 Å². The van der Waals surface area contributed by atoms with Crippen LogP contribution in [0, 0.1) is 6.92 Å². The van der Waals surface area contributed by atoms with Crippen molar-refractivity contribution in [3.63, 3.8) is 0 Å². The van der Waals surface area contributed by atoms with Crippen LogP contribution >= 0.6 is 0 Å². The summed E-state index contributed by atoms with van der Waals surface area (Å²) in [6, 6.07) is 11.9. The van der Waals surface area contributed by atoms with Gasteiger partial charge in [-0.25, -0.2) is 9.97 Å². The van der Waals surface area contributed by atoms with E-state index in [0.29, 0.717) is 18.0 Å². The molecule has 0 spiro atoms. The lowest BCUT2D eigenvalue weighted by molar-refractivity contribution is 0.0868. The number of hydrogen-bond acceptors (Lipinski definition) is 5. The van der Waals surface area contributed by atoms with E-state index in [9.17, 15) is 9.90 Å². The number of fused-ring (bicyclic) bond motifs is 1. The highest BCUT2D eigenvalue weighted by Gasteiger charge is 2.27. The minimum absolute atomic E-state index is 0.204. The monoisotopic (exact) mass is 430 g/mol. The lowest BCUT2D eigenvalue weighted by Gasteiger charge is -2.16. The molecule has 2 N–H and O–H groups in total. The number of benzene rings is 1. The molecule has 7 nitrogen and oxygen atoms in total. The third kappa shape index (κ3) is 3.91. The summed E-state index contributed by atoms with van der Waals surface area (Å²) in [7, 11) is 1.93. The van der Waals surface area contributed by atoms with Crippen molar-refractivity contribution in [1.82, 2.24) is 19.9 Å². The number of carbonyl (C=O) groups is 1. The third-order valence-electron chi connectivity index (χ3n) is 6.21. The molecule has 2 atom stereocenters. The summed E-state index contributed by atoms with van der Waals surface area (Å²) in [4.78, 5) is 21.9. The van der Waals surface area contributed by atoms with Gasteiger partial charge in [-0.05, 0) is 48.9 Å². The largest absolute Gasteiger partial charge is 0.449 e. The molecule has 3 heterocycles. The van der Waals surface area contributed by atoms with Crippen molar-refractivity contribution in [1.29, 1.82) is 0 Å². The lowest BCUT2D eigenvalue weighted by atomic mass is 10.0. The minimum Gasteiger partial charge on any atom is -0.449 e. The van der Waals surface area contributed by atoms with Crippen LogP contribution in [-0.2, 0) is 13.5 Å². The van der Waals surface area contributed by atoms with Crippen LogP contribution in [0.3, 0.4) is 0 Å². The summed E-state index contributed by atoms with van der Waals surface area (Å²) >= 11 is 0. The Hall–Kier alpha value is -3.45. The van der Waals surface area contributed by atoms with Gasteiger partial charge in [0.2, 0.25) is 0 Å². The summed E-state index contributed by atoms with van der Waals surface area (Å²) in [6.07, 6.45) is 6.25. The predicted octanol–water partition coefficient (Wildman–Crippen LogP) is 3.77. The maximum Gasteiger partial charge on any atom is 0.270 e. The van der Waals surface area contributed by atoms with E-state index in [4.69, 9.17) is 4.42 Å². The van der Waals surface area contributed by atoms with Gasteiger partial charge in [0.25, 0.3) is 5.91 Å². The van der Waals surface area contributed by atoms with E-state index in [2.05, 4.69) is 27.4 Å². The Kier molecular flexibility index (Phi) is 5.27. The number of rotatable bonds is 5. The average molecular weight is 431 g/mol. The average Bonchev–Trinajstić information content (AvgIpc) is 3.50. The molecule has 0 saturated heterocycles. The van der Waals surface area contributed by atoms with Crippen LogP contribution in [0.2, 0.25) is 0 Å². The van der Waals surface area contributed by atoms with Crippen LogP contribution in [0.25, 0.3) is 22.3 Å².